The smallest absolute Gasteiger partial charge is 0.241 e. The zero-order valence-corrected chi connectivity index (χ0v) is 12.4. The van der Waals surface area contributed by atoms with Gasteiger partial charge in [-0.3, -0.25) is 0 Å². The Hall–Kier alpha value is -1.79. The highest BCUT2D eigenvalue weighted by molar-refractivity contribution is 7.89. The van der Waals surface area contributed by atoms with Gasteiger partial charge in [0.25, 0.3) is 0 Å². The molecule has 1 N–H and O–H groups in total. The number of benzene rings is 1. The standard InChI is InChI=1S/C14H17NO4S/c1-10-9-12(6-7-13(10)18-3)20(16,17)15-11(2)14-5-4-8-19-14/h4-9,11,15H,1-3H3. The maximum atomic E-state index is 12.3. The Labute approximate surface area is 118 Å². The average Bonchev–Trinajstić information content (AvgIpc) is 2.92. The maximum Gasteiger partial charge on any atom is 0.241 e. The largest absolute Gasteiger partial charge is 0.496 e. The van der Waals surface area contributed by atoms with Gasteiger partial charge in [0.05, 0.1) is 24.3 Å². The van der Waals surface area contributed by atoms with E-state index in [4.69, 9.17) is 9.15 Å². The quantitative estimate of drug-likeness (QED) is 0.920. The summed E-state index contributed by atoms with van der Waals surface area (Å²) in [7, 11) is -2.05. The van der Waals surface area contributed by atoms with Gasteiger partial charge >= 0.3 is 0 Å². The van der Waals surface area contributed by atoms with Gasteiger partial charge in [0.15, 0.2) is 0 Å². The average molecular weight is 295 g/mol. The number of aryl methyl sites for hydroxylation is 1. The molecule has 0 radical (unpaired) electrons. The van der Waals surface area contributed by atoms with Gasteiger partial charge in [-0.15, -0.1) is 0 Å². The highest BCUT2D eigenvalue weighted by Crippen LogP contribution is 2.23. The molecule has 0 aliphatic rings. The van der Waals surface area contributed by atoms with Crippen LogP contribution in [0.5, 0.6) is 5.75 Å². The fourth-order valence-electron chi connectivity index (χ4n) is 1.91. The summed E-state index contributed by atoms with van der Waals surface area (Å²) in [5, 5.41) is 0. The van der Waals surface area contributed by atoms with E-state index in [2.05, 4.69) is 4.72 Å². The monoisotopic (exact) mass is 295 g/mol. The van der Waals surface area contributed by atoms with E-state index in [0.717, 1.165) is 5.56 Å². The van der Waals surface area contributed by atoms with Crippen molar-refractivity contribution in [2.75, 3.05) is 7.11 Å². The van der Waals surface area contributed by atoms with E-state index in [1.807, 2.05) is 0 Å². The van der Waals surface area contributed by atoms with Gasteiger partial charge in [-0.05, 0) is 49.7 Å². The Morgan fingerprint density at radius 2 is 2.05 bits per heavy atom. The number of methoxy groups -OCH3 is 1. The summed E-state index contributed by atoms with van der Waals surface area (Å²) in [6.45, 7) is 3.53. The lowest BCUT2D eigenvalue weighted by atomic mass is 10.2. The van der Waals surface area contributed by atoms with Crippen LogP contribution in [-0.4, -0.2) is 15.5 Å². The van der Waals surface area contributed by atoms with Gasteiger partial charge in [-0.1, -0.05) is 0 Å². The molecule has 0 saturated heterocycles. The molecule has 1 atom stereocenters. The Bertz CT molecular complexity index is 677. The minimum Gasteiger partial charge on any atom is -0.496 e. The molecule has 20 heavy (non-hydrogen) atoms. The fraction of sp³-hybridized carbons (Fsp3) is 0.286. The van der Waals surface area contributed by atoms with E-state index >= 15 is 0 Å². The lowest BCUT2D eigenvalue weighted by molar-refractivity contribution is 0.411. The number of ether oxygens (including phenoxy) is 1. The molecule has 0 spiro atoms. The second-order valence-corrected chi connectivity index (χ2v) is 6.20. The van der Waals surface area contributed by atoms with E-state index < -0.39 is 16.1 Å². The zero-order chi connectivity index (χ0) is 14.8. The molecule has 0 aliphatic carbocycles. The molecular formula is C14H17NO4S. The lowest BCUT2D eigenvalue weighted by Crippen LogP contribution is -2.26. The van der Waals surface area contributed by atoms with Crippen LogP contribution in [0.15, 0.2) is 45.9 Å². The molecular weight excluding hydrogens is 278 g/mol. The van der Waals surface area contributed by atoms with Crippen molar-refractivity contribution in [2.24, 2.45) is 0 Å². The minimum atomic E-state index is -3.60. The van der Waals surface area contributed by atoms with E-state index in [1.54, 1.807) is 45.2 Å². The first-order valence-electron chi connectivity index (χ1n) is 6.14. The molecule has 108 valence electrons. The van der Waals surface area contributed by atoms with Crippen molar-refractivity contribution in [3.8, 4) is 5.75 Å². The Kier molecular flexibility index (Phi) is 4.15. The van der Waals surface area contributed by atoms with Gasteiger partial charge in [-0.2, -0.15) is 0 Å². The molecule has 6 heteroatoms. The van der Waals surface area contributed by atoms with Gasteiger partial charge in [-0.25, -0.2) is 13.1 Å². The third-order valence-electron chi connectivity index (χ3n) is 2.98. The normalized spacial score (nSPS) is 13.2. The molecule has 0 amide bonds. The molecule has 0 aliphatic heterocycles. The molecule has 0 fully saturated rings. The van der Waals surface area contributed by atoms with Gasteiger partial charge < -0.3 is 9.15 Å². The summed E-state index contributed by atoms with van der Waals surface area (Å²) in [6.07, 6.45) is 1.51. The first kappa shape index (κ1) is 14.6. The van der Waals surface area contributed by atoms with Crippen LogP contribution in [0.25, 0.3) is 0 Å². The predicted molar refractivity (Wildman–Crippen MR) is 75.2 cm³/mol. The maximum absolute atomic E-state index is 12.3. The number of hydrogen-bond donors (Lipinski definition) is 1. The lowest BCUT2D eigenvalue weighted by Gasteiger charge is -2.13. The highest BCUT2D eigenvalue weighted by Gasteiger charge is 2.20. The molecule has 1 aromatic heterocycles. The predicted octanol–water partition coefficient (Wildman–Crippen LogP) is 2.64. The number of sulfonamides is 1. The van der Waals surface area contributed by atoms with E-state index in [-0.39, 0.29) is 4.90 Å². The van der Waals surface area contributed by atoms with Crippen molar-refractivity contribution < 1.29 is 17.6 Å². The second kappa shape index (κ2) is 5.68. The summed E-state index contributed by atoms with van der Waals surface area (Å²) >= 11 is 0. The summed E-state index contributed by atoms with van der Waals surface area (Å²) in [5.74, 6) is 1.22. The fourth-order valence-corrected chi connectivity index (χ4v) is 3.21. The molecule has 1 aromatic carbocycles. The topological polar surface area (TPSA) is 68.5 Å². The number of hydrogen-bond acceptors (Lipinski definition) is 4. The van der Waals surface area contributed by atoms with Crippen molar-refractivity contribution in [3.05, 3.63) is 47.9 Å². The van der Waals surface area contributed by atoms with Crippen LogP contribution in [0, 0.1) is 6.92 Å². The zero-order valence-electron chi connectivity index (χ0n) is 11.6. The highest BCUT2D eigenvalue weighted by atomic mass is 32.2. The first-order chi connectivity index (χ1) is 9.44. The van der Waals surface area contributed by atoms with Crippen LogP contribution < -0.4 is 9.46 Å². The van der Waals surface area contributed by atoms with Crippen LogP contribution in [0.3, 0.4) is 0 Å². The summed E-state index contributed by atoms with van der Waals surface area (Å²) < 4.78 is 37.5. The van der Waals surface area contributed by atoms with E-state index in [0.29, 0.717) is 11.5 Å². The molecule has 0 saturated carbocycles. The molecule has 1 heterocycles. The summed E-state index contributed by atoms with van der Waals surface area (Å²) in [5.41, 5.74) is 0.765. The molecule has 0 bridgehead atoms. The first-order valence-corrected chi connectivity index (χ1v) is 7.63. The summed E-state index contributed by atoms with van der Waals surface area (Å²) in [6, 6.07) is 7.75. The SMILES string of the molecule is COc1ccc(S(=O)(=O)NC(C)c2ccco2)cc1C. The summed E-state index contributed by atoms with van der Waals surface area (Å²) in [4.78, 5) is 0.203. The van der Waals surface area contributed by atoms with Gasteiger partial charge in [0.2, 0.25) is 10.0 Å². The van der Waals surface area contributed by atoms with Crippen LogP contribution in [0.4, 0.5) is 0 Å². The van der Waals surface area contributed by atoms with Crippen molar-refractivity contribution in [3.63, 3.8) is 0 Å². The Balaban J connectivity index is 2.24. The van der Waals surface area contributed by atoms with E-state index in [9.17, 15) is 8.42 Å². The molecule has 5 nitrogen and oxygen atoms in total. The molecule has 2 aromatic rings. The Morgan fingerprint density at radius 1 is 1.30 bits per heavy atom. The van der Waals surface area contributed by atoms with Gasteiger partial charge in [0, 0.05) is 0 Å². The third kappa shape index (κ3) is 3.02. The van der Waals surface area contributed by atoms with Crippen molar-refractivity contribution >= 4 is 10.0 Å². The second-order valence-electron chi connectivity index (χ2n) is 4.49. The van der Waals surface area contributed by atoms with E-state index in [1.165, 1.54) is 12.3 Å². The van der Waals surface area contributed by atoms with Crippen LogP contribution in [-0.2, 0) is 10.0 Å². The van der Waals surface area contributed by atoms with Crippen molar-refractivity contribution in [1.82, 2.24) is 4.72 Å². The van der Waals surface area contributed by atoms with Crippen LogP contribution >= 0.6 is 0 Å². The Morgan fingerprint density at radius 3 is 2.60 bits per heavy atom. The third-order valence-corrected chi connectivity index (χ3v) is 4.52. The minimum absolute atomic E-state index is 0.203. The molecule has 2 rings (SSSR count). The number of rotatable bonds is 5. The van der Waals surface area contributed by atoms with Crippen LogP contribution in [0.1, 0.15) is 24.3 Å². The number of furan rings is 1. The molecule has 1 unspecified atom stereocenters. The number of nitrogens with one attached hydrogen (secondary N) is 1. The van der Waals surface area contributed by atoms with Crippen molar-refractivity contribution in [1.29, 1.82) is 0 Å². The van der Waals surface area contributed by atoms with Crippen LogP contribution in [0.2, 0.25) is 0 Å². The van der Waals surface area contributed by atoms with Gasteiger partial charge in [0.1, 0.15) is 11.5 Å². The van der Waals surface area contributed by atoms with Crippen molar-refractivity contribution in [2.45, 2.75) is 24.8 Å².